The Kier molecular flexibility index (Phi) is 10.4. The van der Waals surface area contributed by atoms with E-state index in [1.165, 1.54) is 48.5 Å². The van der Waals surface area contributed by atoms with Crippen molar-refractivity contribution in [3.8, 4) is 5.75 Å². The van der Waals surface area contributed by atoms with Crippen LogP contribution in [0.15, 0.2) is 91.1 Å². The summed E-state index contributed by atoms with van der Waals surface area (Å²) in [6.07, 6.45) is 3.40. The summed E-state index contributed by atoms with van der Waals surface area (Å²) in [7, 11) is 0. The SMILES string of the molecule is Cl.O=C(Oc1cccc(F)c1)c1cccnc1N1CCN(CCCC(c2ccc(F)cc2)c2ccc(F)cc2)CC1. The van der Waals surface area contributed by atoms with Gasteiger partial charge >= 0.3 is 5.97 Å². The minimum Gasteiger partial charge on any atom is -0.423 e. The van der Waals surface area contributed by atoms with Crippen LogP contribution >= 0.6 is 12.4 Å². The number of carbonyl (C=O) groups excluding carboxylic acids is 1. The Morgan fingerprint density at radius 1 is 0.805 bits per heavy atom. The van der Waals surface area contributed by atoms with Crippen molar-refractivity contribution in [1.82, 2.24) is 9.88 Å². The Balaban J connectivity index is 0.00000387. The summed E-state index contributed by atoms with van der Waals surface area (Å²) in [5.74, 6) is -0.878. The standard InChI is InChI=1S/C32H30F3N3O2.ClH/c33-25-12-8-23(9-13-25)29(24-10-14-26(34)15-11-24)7-3-17-37-18-20-38(21-19-37)31-30(6-2-16-36-31)32(39)40-28-5-1-4-27(35)22-28;/h1-2,4-6,8-16,22,29H,3,7,17-21H2;1H. The Morgan fingerprint density at radius 2 is 1.44 bits per heavy atom. The van der Waals surface area contributed by atoms with Crippen LogP contribution in [-0.2, 0) is 0 Å². The van der Waals surface area contributed by atoms with Gasteiger partial charge < -0.3 is 9.64 Å². The van der Waals surface area contributed by atoms with Crippen molar-refractivity contribution in [2.45, 2.75) is 18.8 Å². The Morgan fingerprint density at radius 3 is 2.05 bits per heavy atom. The minimum absolute atomic E-state index is 0. The van der Waals surface area contributed by atoms with Crippen LogP contribution in [0.4, 0.5) is 19.0 Å². The molecular formula is C32H31ClF3N3O2. The number of nitrogens with zero attached hydrogens (tertiary/aromatic N) is 3. The van der Waals surface area contributed by atoms with E-state index in [-0.39, 0.29) is 35.7 Å². The van der Waals surface area contributed by atoms with Crippen LogP contribution in [0.5, 0.6) is 5.75 Å². The molecule has 2 heterocycles. The second kappa shape index (κ2) is 14.1. The first-order valence-electron chi connectivity index (χ1n) is 13.4. The number of halogens is 4. The van der Waals surface area contributed by atoms with E-state index in [0.29, 0.717) is 24.5 Å². The fraction of sp³-hybridized carbons (Fsp3) is 0.250. The summed E-state index contributed by atoms with van der Waals surface area (Å²) in [6.45, 7) is 3.86. The molecule has 214 valence electrons. The third kappa shape index (κ3) is 7.86. The van der Waals surface area contributed by atoms with Crippen LogP contribution in [0.3, 0.4) is 0 Å². The number of ether oxygens (including phenoxy) is 1. The molecule has 5 rings (SSSR count). The van der Waals surface area contributed by atoms with Crippen molar-refractivity contribution >= 4 is 24.2 Å². The third-order valence-electron chi connectivity index (χ3n) is 7.20. The summed E-state index contributed by atoms with van der Waals surface area (Å²) in [4.78, 5) is 21.8. The smallest absolute Gasteiger partial charge is 0.347 e. The number of esters is 1. The van der Waals surface area contributed by atoms with Gasteiger partial charge in [0.2, 0.25) is 0 Å². The molecule has 0 saturated carbocycles. The van der Waals surface area contributed by atoms with E-state index in [1.807, 2.05) is 0 Å². The maximum Gasteiger partial charge on any atom is 0.347 e. The molecule has 1 aliphatic rings. The fourth-order valence-electron chi connectivity index (χ4n) is 5.12. The predicted octanol–water partition coefficient (Wildman–Crippen LogP) is 6.87. The van der Waals surface area contributed by atoms with E-state index in [4.69, 9.17) is 4.74 Å². The molecule has 0 bridgehead atoms. The molecule has 0 unspecified atom stereocenters. The van der Waals surface area contributed by atoms with Crippen molar-refractivity contribution in [2.75, 3.05) is 37.6 Å². The van der Waals surface area contributed by atoms with Crippen molar-refractivity contribution in [3.05, 3.63) is 125 Å². The van der Waals surface area contributed by atoms with Crippen LogP contribution in [0, 0.1) is 17.5 Å². The first-order chi connectivity index (χ1) is 19.5. The van der Waals surface area contributed by atoms with Crippen LogP contribution in [0.25, 0.3) is 0 Å². The van der Waals surface area contributed by atoms with Gasteiger partial charge in [-0.1, -0.05) is 30.3 Å². The molecule has 41 heavy (non-hydrogen) atoms. The highest BCUT2D eigenvalue weighted by atomic mass is 35.5. The van der Waals surface area contributed by atoms with Crippen molar-refractivity contribution in [1.29, 1.82) is 0 Å². The van der Waals surface area contributed by atoms with Crippen molar-refractivity contribution in [3.63, 3.8) is 0 Å². The summed E-state index contributed by atoms with van der Waals surface area (Å²) >= 11 is 0. The molecule has 1 fully saturated rings. The molecule has 0 atom stereocenters. The van der Waals surface area contributed by atoms with Gasteiger partial charge in [-0.3, -0.25) is 4.90 Å². The van der Waals surface area contributed by atoms with E-state index in [0.717, 1.165) is 43.6 Å². The summed E-state index contributed by atoms with van der Waals surface area (Å²) < 4.78 is 46.0. The lowest BCUT2D eigenvalue weighted by molar-refractivity contribution is 0.0734. The first-order valence-corrected chi connectivity index (χ1v) is 13.4. The zero-order valence-corrected chi connectivity index (χ0v) is 23.2. The highest BCUT2D eigenvalue weighted by molar-refractivity contribution is 5.96. The zero-order chi connectivity index (χ0) is 27.9. The van der Waals surface area contributed by atoms with Crippen LogP contribution < -0.4 is 9.64 Å². The van der Waals surface area contributed by atoms with E-state index in [2.05, 4.69) is 14.8 Å². The number of benzene rings is 3. The van der Waals surface area contributed by atoms with Crippen molar-refractivity contribution < 1.29 is 22.7 Å². The van der Waals surface area contributed by atoms with Gasteiger partial charge in [0, 0.05) is 44.4 Å². The molecule has 5 nitrogen and oxygen atoms in total. The average Bonchev–Trinajstić information content (AvgIpc) is 2.97. The number of hydrogen-bond acceptors (Lipinski definition) is 5. The molecule has 1 aliphatic heterocycles. The van der Waals surface area contributed by atoms with Crippen LogP contribution in [-0.4, -0.2) is 48.6 Å². The highest BCUT2D eigenvalue weighted by Gasteiger charge is 2.24. The number of piperazine rings is 1. The van der Waals surface area contributed by atoms with Gasteiger partial charge in [-0.25, -0.2) is 22.9 Å². The van der Waals surface area contributed by atoms with Gasteiger partial charge in [-0.2, -0.15) is 0 Å². The van der Waals surface area contributed by atoms with E-state index >= 15 is 0 Å². The van der Waals surface area contributed by atoms with Crippen LogP contribution in [0.1, 0.15) is 40.2 Å². The largest absolute Gasteiger partial charge is 0.423 e. The molecule has 0 spiro atoms. The van der Waals surface area contributed by atoms with Crippen LogP contribution in [0.2, 0.25) is 0 Å². The van der Waals surface area contributed by atoms with Gasteiger partial charge in [-0.15, -0.1) is 12.4 Å². The lowest BCUT2D eigenvalue weighted by Gasteiger charge is -2.36. The maximum atomic E-state index is 13.5. The molecule has 0 N–H and O–H groups in total. The molecule has 0 amide bonds. The second-order valence-electron chi connectivity index (χ2n) is 9.85. The third-order valence-corrected chi connectivity index (χ3v) is 7.20. The fourth-order valence-corrected chi connectivity index (χ4v) is 5.12. The Hall–Kier alpha value is -3.88. The van der Waals surface area contributed by atoms with Gasteiger partial charge in [0.1, 0.15) is 34.6 Å². The first kappa shape index (κ1) is 30.1. The number of rotatable bonds is 9. The Bertz CT molecular complexity index is 1380. The number of anilines is 1. The number of carbonyl (C=O) groups is 1. The molecule has 1 saturated heterocycles. The number of pyridine rings is 1. The highest BCUT2D eigenvalue weighted by Crippen LogP contribution is 2.30. The number of aromatic nitrogens is 1. The molecule has 4 aromatic rings. The Labute approximate surface area is 244 Å². The monoisotopic (exact) mass is 581 g/mol. The minimum atomic E-state index is -0.580. The van der Waals surface area contributed by atoms with Crippen molar-refractivity contribution in [2.24, 2.45) is 0 Å². The second-order valence-corrected chi connectivity index (χ2v) is 9.85. The molecule has 9 heteroatoms. The van der Waals surface area contributed by atoms with Gasteiger partial charge in [0.25, 0.3) is 0 Å². The topological polar surface area (TPSA) is 45.7 Å². The summed E-state index contributed by atoms with van der Waals surface area (Å²) in [5.41, 5.74) is 2.35. The van der Waals surface area contributed by atoms with E-state index in [9.17, 15) is 18.0 Å². The van der Waals surface area contributed by atoms with E-state index < -0.39 is 11.8 Å². The average molecular weight is 582 g/mol. The lowest BCUT2D eigenvalue weighted by Crippen LogP contribution is -2.47. The maximum absolute atomic E-state index is 13.5. The molecule has 3 aromatic carbocycles. The van der Waals surface area contributed by atoms with E-state index in [1.54, 1.807) is 42.6 Å². The predicted molar refractivity (Wildman–Crippen MR) is 155 cm³/mol. The quantitative estimate of drug-likeness (QED) is 0.159. The molecule has 0 aliphatic carbocycles. The summed E-state index contributed by atoms with van der Waals surface area (Å²) in [6, 6.07) is 21.9. The molecular weight excluding hydrogens is 551 g/mol. The summed E-state index contributed by atoms with van der Waals surface area (Å²) in [5, 5.41) is 0. The lowest BCUT2D eigenvalue weighted by atomic mass is 9.87. The number of hydrogen-bond donors (Lipinski definition) is 0. The van der Waals surface area contributed by atoms with Gasteiger partial charge in [0.15, 0.2) is 0 Å². The van der Waals surface area contributed by atoms with Gasteiger partial charge in [-0.05, 0) is 79.0 Å². The molecule has 0 radical (unpaired) electrons. The zero-order valence-electron chi connectivity index (χ0n) is 22.4. The van der Waals surface area contributed by atoms with Gasteiger partial charge in [0.05, 0.1) is 0 Å². The normalized spacial score (nSPS) is 13.6. The molecule has 1 aromatic heterocycles.